The highest BCUT2D eigenvalue weighted by Gasteiger charge is 2.33. The van der Waals surface area contributed by atoms with Gasteiger partial charge in [-0.25, -0.2) is 0 Å². The highest BCUT2D eigenvalue weighted by Crippen LogP contribution is 2.20. The number of esters is 1. The van der Waals surface area contributed by atoms with E-state index < -0.39 is 12.0 Å². The van der Waals surface area contributed by atoms with Crippen molar-refractivity contribution < 1.29 is 18.7 Å². The van der Waals surface area contributed by atoms with Crippen LogP contribution in [0.3, 0.4) is 0 Å². The van der Waals surface area contributed by atoms with Gasteiger partial charge in [-0.05, 0) is 19.1 Å². The number of carbonyl (C=O) groups is 2. The smallest absolute Gasteiger partial charge is 0.307 e. The molecule has 132 valence electrons. The van der Waals surface area contributed by atoms with Gasteiger partial charge in [0.25, 0.3) is 0 Å². The van der Waals surface area contributed by atoms with Crippen molar-refractivity contribution in [3.63, 3.8) is 0 Å². The minimum absolute atomic E-state index is 0.0126. The molecule has 8 heteroatoms. The van der Waals surface area contributed by atoms with E-state index in [1.54, 1.807) is 0 Å². The lowest BCUT2D eigenvalue weighted by Crippen LogP contribution is -2.55. The first-order valence-electron chi connectivity index (χ1n) is 8.05. The summed E-state index contributed by atoms with van der Waals surface area (Å²) in [7, 11) is 1.30. The van der Waals surface area contributed by atoms with Crippen LogP contribution in [0.4, 0.5) is 0 Å². The minimum Gasteiger partial charge on any atom is -0.469 e. The number of nitrogens with zero attached hydrogens (tertiary/aromatic N) is 3. The molecule has 2 heterocycles. The zero-order chi connectivity index (χ0) is 17.8. The fourth-order valence-electron chi connectivity index (χ4n) is 2.72. The van der Waals surface area contributed by atoms with Crippen LogP contribution in [0.5, 0.6) is 0 Å². The van der Waals surface area contributed by atoms with Gasteiger partial charge in [-0.2, -0.15) is 0 Å². The summed E-state index contributed by atoms with van der Waals surface area (Å²) in [5.74, 6) is 0.203. The molecule has 1 unspecified atom stereocenters. The molecular weight excluding hydrogens is 324 g/mol. The number of ether oxygens (including phenoxy) is 1. The van der Waals surface area contributed by atoms with Crippen LogP contribution in [0, 0.1) is 6.92 Å². The van der Waals surface area contributed by atoms with Crippen LogP contribution >= 0.6 is 0 Å². The molecule has 1 N–H and O–H groups in total. The summed E-state index contributed by atoms with van der Waals surface area (Å²) in [5, 5.41) is 10.9. The molecule has 1 atom stereocenters. The van der Waals surface area contributed by atoms with Gasteiger partial charge >= 0.3 is 5.97 Å². The summed E-state index contributed by atoms with van der Waals surface area (Å²) < 4.78 is 10.4. The monoisotopic (exact) mass is 344 g/mol. The van der Waals surface area contributed by atoms with E-state index in [0.717, 1.165) is 11.1 Å². The molecule has 1 saturated heterocycles. The molecule has 1 aromatic heterocycles. The number of hydrogen-bond donors (Lipinski definition) is 1. The van der Waals surface area contributed by atoms with Crippen molar-refractivity contribution in [3.8, 4) is 11.5 Å². The van der Waals surface area contributed by atoms with Gasteiger partial charge in [-0.1, -0.05) is 17.7 Å². The van der Waals surface area contributed by atoms with Gasteiger partial charge in [-0.3, -0.25) is 14.5 Å². The van der Waals surface area contributed by atoms with Gasteiger partial charge in [0.15, 0.2) is 0 Å². The molecule has 3 rings (SSSR count). The van der Waals surface area contributed by atoms with Gasteiger partial charge in [0.2, 0.25) is 17.7 Å². The number of carbonyl (C=O) groups excluding carboxylic acids is 2. The molecule has 1 aromatic carbocycles. The lowest BCUT2D eigenvalue weighted by molar-refractivity contribution is -0.146. The number of hydrogen-bond acceptors (Lipinski definition) is 7. The van der Waals surface area contributed by atoms with Crippen LogP contribution < -0.4 is 5.32 Å². The average molecular weight is 344 g/mol. The van der Waals surface area contributed by atoms with Crippen molar-refractivity contribution in [3.05, 3.63) is 35.7 Å². The van der Waals surface area contributed by atoms with E-state index in [1.807, 2.05) is 36.1 Å². The number of benzene rings is 1. The van der Waals surface area contributed by atoms with Gasteiger partial charge in [0.05, 0.1) is 20.1 Å². The Hall–Kier alpha value is -2.74. The van der Waals surface area contributed by atoms with E-state index in [-0.39, 0.29) is 12.3 Å². The van der Waals surface area contributed by atoms with E-state index >= 15 is 0 Å². The molecule has 1 amide bonds. The molecule has 0 spiro atoms. The van der Waals surface area contributed by atoms with Crippen LogP contribution in [0.25, 0.3) is 11.5 Å². The van der Waals surface area contributed by atoms with Gasteiger partial charge in [-0.15, -0.1) is 10.2 Å². The van der Waals surface area contributed by atoms with Crippen molar-refractivity contribution >= 4 is 11.9 Å². The normalized spacial score (nSPS) is 18.0. The Bertz CT molecular complexity index is 756. The molecular formula is C17H20N4O4. The van der Waals surface area contributed by atoms with Crippen LogP contribution in [-0.2, 0) is 20.9 Å². The molecule has 8 nitrogen and oxygen atoms in total. The van der Waals surface area contributed by atoms with Gasteiger partial charge in [0.1, 0.15) is 6.04 Å². The predicted octanol–water partition coefficient (Wildman–Crippen LogP) is 0.909. The summed E-state index contributed by atoms with van der Waals surface area (Å²) in [4.78, 5) is 25.5. The number of rotatable bonds is 5. The van der Waals surface area contributed by atoms with E-state index in [0.29, 0.717) is 31.4 Å². The molecule has 0 bridgehead atoms. The number of nitrogens with one attached hydrogen (secondary N) is 1. The van der Waals surface area contributed by atoms with E-state index in [1.165, 1.54) is 7.11 Å². The van der Waals surface area contributed by atoms with Gasteiger partial charge in [0, 0.05) is 18.7 Å². The SMILES string of the molecule is COC(=O)CC1C(=O)NCCN1Cc1nnc(-c2ccc(C)cc2)o1. The average Bonchev–Trinajstić information content (AvgIpc) is 3.07. The van der Waals surface area contributed by atoms with Crippen molar-refractivity contribution in [2.24, 2.45) is 0 Å². The largest absolute Gasteiger partial charge is 0.469 e. The Labute approximate surface area is 145 Å². The van der Waals surface area contributed by atoms with Crippen molar-refractivity contribution in [2.75, 3.05) is 20.2 Å². The standard InChI is InChI=1S/C17H20N4O4/c1-11-3-5-12(6-4-11)17-20-19-14(25-17)10-21-8-7-18-16(23)13(21)9-15(22)24-2/h3-6,13H,7-10H2,1-2H3,(H,18,23). The van der Waals surface area contributed by atoms with E-state index in [9.17, 15) is 9.59 Å². The van der Waals surface area contributed by atoms with E-state index in [2.05, 4.69) is 20.3 Å². The lowest BCUT2D eigenvalue weighted by atomic mass is 10.1. The zero-order valence-electron chi connectivity index (χ0n) is 14.2. The fourth-order valence-corrected chi connectivity index (χ4v) is 2.72. The van der Waals surface area contributed by atoms with Crippen molar-refractivity contribution in [1.82, 2.24) is 20.4 Å². The maximum atomic E-state index is 12.1. The second kappa shape index (κ2) is 7.43. The summed E-state index contributed by atoms with van der Waals surface area (Å²) in [6.45, 7) is 3.41. The van der Waals surface area contributed by atoms with Gasteiger partial charge < -0.3 is 14.5 Å². The second-order valence-electron chi connectivity index (χ2n) is 5.92. The van der Waals surface area contributed by atoms with Crippen LogP contribution in [0.15, 0.2) is 28.7 Å². The van der Waals surface area contributed by atoms with Crippen LogP contribution in [0.2, 0.25) is 0 Å². The topological polar surface area (TPSA) is 97.6 Å². The summed E-state index contributed by atoms with van der Waals surface area (Å²) in [6.07, 6.45) is -0.0126. The highest BCUT2D eigenvalue weighted by molar-refractivity contribution is 5.87. The lowest BCUT2D eigenvalue weighted by Gasteiger charge is -2.33. The van der Waals surface area contributed by atoms with Crippen molar-refractivity contribution in [2.45, 2.75) is 25.9 Å². The number of aryl methyl sites for hydroxylation is 1. The molecule has 2 aromatic rings. The molecule has 25 heavy (non-hydrogen) atoms. The van der Waals surface area contributed by atoms with Crippen LogP contribution in [0.1, 0.15) is 17.9 Å². The maximum Gasteiger partial charge on any atom is 0.307 e. The molecule has 0 saturated carbocycles. The van der Waals surface area contributed by atoms with E-state index in [4.69, 9.17) is 4.42 Å². The second-order valence-corrected chi connectivity index (χ2v) is 5.92. The first-order valence-corrected chi connectivity index (χ1v) is 8.05. The highest BCUT2D eigenvalue weighted by atomic mass is 16.5. The third kappa shape index (κ3) is 4.03. The Morgan fingerprint density at radius 2 is 2.12 bits per heavy atom. The number of amides is 1. The zero-order valence-corrected chi connectivity index (χ0v) is 14.2. The molecule has 1 aliphatic rings. The third-order valence-electron chi connectivity index (χ3n) is 4.13. The fraction of sp³-hybridized carbons (Fsp3) is 0.412. The minimum atomic E-state index is -0.601. The number of piperazine rings is 1. The molecule has 0 aliphatic carbocycles. The molecule has 1 aliphatic heterocycles. The Morgan fingerprint density at radius 3 is 2.84 bits per heavy atom. The summed E-state index contributed by atoms with van der Waals surface area (Å²) in [6, 6.07) is 7.18. The first-order chi connectivity index (χ1) is 12.1. The Balaban J connectivity index is 1.73. The van der Waals surface area contributed by atoms with Crippen molar-refractivity contribution in [1.29, 1.82) is 0 Å². The summed E-state index contributed by atoms with van der Waals surface area (Å²) >= 11 is 0. The maximum absolute atomic E-state index is 12.1. The first kappa shape index (κ1) is 17.1. The van der Waals surface area contributed by atoms with Crippen LogP contribution in [-0.4, -0.2) is 53.2 Å². The Kier molecular flexibility index (Phi) is 5.08. The number of aromatic nitrogens is 2. The number of methoxy groups -OCH3 is 1. The third-order valence-corrected chi connectivity index (χ3v) is 4.13. The quantitative estimate of drug-likeness (QED) is 0.805. The summed E-state index contributed by atoms with van der Waals surface area (Å²) in [5.41, 5.74) is 1.99. The predicted molar refractivity (Wildman–Crippen MR) is 88.3 cm³/mol. The Morgan fingerprint density at radius 1 is 1.36 bits per heavy atom. The molecule has 1 fully saturated rings. The molecule has 0 radical (unpaired) electrons.